The van der Waals surface area contributed by atoms with Crippen molar-refractivity contribution in [2.45, 2.75) is 51.5 Å². The van der Waals surface area contributed by atoms with E-state index in [1.165, 1.54) is 31.2 Å². The molecule has 0 aromatic carbocycles. The number of amides is 1. The summed E-state index contributed by atoms with van der Waals surface area (Å²) >= 11 is 0. The van der Waals surface area contributed by atoms with E-state index in [4.69, 9.17) is 0 Å². The largest absolute Gasteiger partial charge is 0.356 e. The third-order valence-corrected chi connectivity index (χ3v) is 5.92. The molecule has 128 valence electrons. The molecule has 3 aliphatic rings. The minimum atomic E-state index is 0.199. The Morgan fingerprint density at radius 1 is 1.17 bits per heavy atom. The van der Waals surface area contributed by atoms with Crippen LogP contribution in [0.25, 0.3) is 0 Å². The molecule has 1 aromatic rings. The number of nitrogens with one attached hydrogen (secondary N) is 1. The highest BCUT2D eigenvalue weighted by molar-refractivity contribution is 5.95. The van der Waals surface area contributed by atoms with E-state index in [2.05, 4.69) is 40.3 Å². The van der Waals surface area contributed by atoms with Crippen LogP contribution in [0.1, 0.15) is 44.1 Å². The van der Waals surface area contributed by atoms with E-state index < -0.39 is 0 Å². The van der Waals surface area contributed by atoms with Gasteiger partial charge in [-0.05, 0) is 56.1 Å². The van der Waals surface area contributed by atoms with Crippen molar-refractivity contribution in [3.8, 4) is 0 Å². The lowest BCUT2D eigenvalue weighted by molar-refractivity contribution is -0.119. The summed E-state index contributed by atoms with van der Waals surface area (Å²) in [7, 11) is 0. The lowest BCUT2D eigenvalue weighted by Crippen LogP contribution is -2.47. The third-order valence-electron chi connectivity index (χ3n) is 5.92. The normalized spacial score (nSPS) is 27.0. The first-order chi connectivity index (χ1) is 11.7. The molecular formula is C20H27N3O. The monoisotopic (exact) mass is 325 g/mol. The second kappa shape index (κ2) is 6.58. The standard InChI is InChI=1S/C20H27N3O/c1-14-6-7-19(21-13-14)23-10-8-16(9-11-23)22-20(24)18-12-15-4-2-3-5-17(15)18/h6-7,12-13,15-17H,2-5,8-11H2,1H3,(H,22,24)/t15-,17-/m0/s1. The molecule has 4 rings (SSSR count). The summed E-state index contributed by atoms with van der Waals surface area (Å²) in [6.07, 6.45) is 11.3. The molecular weight excluding hydrogens is 298 g/mol. The molecule has 0 unspecified atom stereocenters. The highest BCUT2D eigenvalue weighted by atomic mass is 16.1. The second-order valence-electron chi connectivity index (χ2n) is 7.61. The number of allylic oxidation sites excluding steroid dienone is 1. The van der Waals surface area contributed by atoms with Gasteiger partial charge >= 0.3 is 0 Å². The molecule has 2 heterocycles. The number of hydrogen-bond donors (Lipinski definition) is 1. The number of aromatic nitrogens is 1. The highest BCUT2D eigenvalue weighted by Crippen LogP contribution is 2.44. The molecule has 1 N–H and O–H groups in total. The van der Waals surface area contributed by atoms with Crippen molar-refractivity contribution in [2.75, 3.05) is 18.0 Å². The van der Waals surface area contributed by atoms with Crippen LogP contribution in [0.4, 0.5) is 5.82 Å². The van der Waals surface area contributed by atoms with Gasteiger partial charge in [-0.25, -0.2) is 4.98 Å². The average molecular weight is 325 g/mol. The highest BCUT2D eigenvalue weighted by Gasteiger charge is 2.38. The third kappa shape index (κ3) is 3.06. The molecule has 2 fully saturated rings. The van der Waals surface area contributed by atoms with Gasteiger partial charge in [-0.15, -0.1) is 0 Å². The summed E-state index contributed by atoms with van der Waals surface area (Å²) in [5.41, 5.74) is 2.26. The topological polar surface area (TPSA) is 45.2 Å². The molecule has 0 radical (unpaired) electrons. The molecule has 4 nitrogen and oxygen atoms in total. The maximum absolute atomic E-state index is 12.5. The molecule has 0 bridgehead atoms. The number of aryl methyl sites for hydroxylation is 1. The zero-order valence-corrected chi connectivity index (χ0v) is 14.5. The maximum Gasteiger partial charge on any atom is 0.247 e. The fourth-order valence-electron chi connectivity index (χ4n) is 4.39. The van der Waals surface area contributed by atoms with Gasteiger partial charge in [0.25, 0.3) is 0 Å². The number of fused-ring (bicyclic) bond motifs is 1. The van der Waals surface area contributed by atoms with Gasteiger partial charge in [-0.1, -0.05) is 25.0 Å². The summed E-state index contributed by atoms with van der Waals surface area (Å²) in [6.45, 7) is 3.99. The van der Waals surface area contributed by atoms with Gasteiger partial charge < -0.3 is 10.2 Å². The molecule has 1 aliphatic heterocycles. The summed E-state index contributed by atoms with van der Waals surface area (Å²) in [6, 6.07) is 4.51. The second-order valence-corrected chi connectivity index (χ2v) is 7.61. The number of carbonyl (C=O) groups is 1. The first kappa shape index (κ1) is 15.7. The summed E-state index contributed by atoms with van der Waals surface area (Å²) in [4.78, 5) is 19.4. The Morgan fingerprint density at radius 2 is 1.96 bits per heavy atom. The van der Waals surface area contributed by atoms with E-state index in [-0.39, 0.29) is 5.91 Å². The van der Waals surface area contributed by atoms with Crippen molar-refractivity contribution < 1.29 is 4.79 Å². The van der Waals surface area contributed by atoms with Crippen molar-refractivity contribution in [1.82, 2.24) is 10.3 Å². The van der Waals surface area contributed by atoms with Crippen LogP contribution in [0, 0.1) is 18.8 Å². The van der Waals surface area contributed by atoms with Crippen LogP contribution < -0.4 is 10.2 Å². The van der Waals surface area contributed by atoms with Gasteiger partial charge in [-0.2, -0.15) is 0 Å². The van der Waals surface area contributed by atoms with E-state index in [0.29, 0.717) is 17.9 Å². The molecule has 2 aliphatic carbocycles. The van der Waals surface area contributed by atoms with E-state index in [9.17, 15) is 4.79 Å². The van der Waals surface area contributed by atoms with Gasteiger partial charge in [0.1, 0.15) is 5.82 Å². The number of pyridine rings is 1. The van der Waals surface area contributed by atoms with Crippen LogP contribution in [-0.2, 0) is 4.79 Å². The van der Waals surface area contributed by atoms with Crippen LogP contribution >= 0.6 is 0 Å². The fourth-order valence-corrected chi connectivity index (χ4v) is 4.39. The van der Waals surface area contributed by atoms with Gasteiger partial charge in [0.2, 0.25) is 5.91 Å². The lowest BCUT2D eigenvalue weighted by Gasteiger charge is -2.40. The van der Waals surface area contributed by atoms with Crippen LogP contribution in [0.2, 0.25) is 0 Å². The Morgan fingerprint density at radius 3 is 2.67 bits per heavy atom. The number of rotatable bonds is 3. The molecule has 0 spiro atoms. The first-order valence-corrected chi connectivity index (χ1v) is 9.41. The minimum Gasteiger partial charge on any atom is -0.356 e. The fraction of sp³-hybridized carbons (Fsp3) is 0.600. The molecule has 1 aromatic heterocycles. The molecule has 1 amide bonds. The van der Waals surface area contributed by atoms with Gasteiger partial charge in [0, 0.05) is 30.9 Å². The first-order valence-electron chi connectivity index (χ1n) is 9.41. The summed E-state index contributed by atoms with van der Waals surface area (Å²) < 4.78 is 0. The summed E-state index contributed by atoms with van der Waals surface area (Å²) in [5.74, 6) is 2.49. The van der Waals surface area contributed by atoms with E-state index >= 15 is 0 Å². The van der Waals surface area contributed by atoms with E-state index in [1.807, 2.05) is 6.20 Å². The van der Waals surface area contributed by atoms with Crippen LogP contribution in [0.15, 0.2) is 30.0 Å². The maximum atomic E-state index is 12.5. The molecule has 2 atom stereocenters. The number of nitrogens with zero attached hydrogens (tertiary/aromatic N) is 2. The Bertz CT molecular complexity index is 629. The van der Waals surface area contributed by atoms with Gasteiger partial charge in [0.15, 0.2) is 0 Å². The zero-order chi connectivity index (χ0) is 16.5. The van der Waals surface area contributed by atoms with E-state index in [1.54, 1.807) is 0 Å². The van der Waals surface area contributed by atoms with Crippen molar-refractivity contribution in [2.24, 2.45) is 11.8 Å². The smallest absolute Gasteiger partial charge is 0.247 e. The minimum absolute atomic E-state index is 0.199. The van der Waals surface area contributed by atoms with Crippen molar-refractivity contribution in [3.05, 3.63) is 35.5 Å². The van der Waals surface area contributed by atoms with E-state index in [0.717, 1.165) is 37.3 Å². The van der Waals surface area contributed by atoms with Crippen LogP contribution in [0.3, 0.4) is 0 Å². The number of carbonyl (C=O) groups excluding carboxylic acids is 1. The van der Waals surface area contributed by atoms with Crippen molar-refractivity contribution in [1.29, 1.82) is 0 Å². The Balaban J connectivity index is 1.29. The Hall–Kier alpha value is -1.84. The predicted molar refractivity (Wildman–Crippen MR) is 95.9 cm³/mol. The summed E-state index contributed by atoms with van der Waals surface area (Å²) in [5, 5.41) is 3.28. The Labute approximate surface area is 144 Å². The van der Waals surface area contributed by atoms with Gasteiger partial charge in [0.05, 0.1) is 0 Å². The number of hydrogen-bond acceptors (Lipinski definition) is 3. The quantitative estimate of drug-likeness (QED) is 0.928. The van der Waals surface area contributed by atoms with Crippen LogP contribution in [0.5, 0.6) is 0 Å². The molecule has 24 heavy (non-hydrogen) atoms. The van der Waals surface area contributed by atoms with Crippen molar-refractivity contribution >= 4 is 11.7 Å². The Kier molecular flexibility index (Phi) is 4.30. The number of anilines is 1. The predicted octanol–water partition coefficient (Wildman–Crippen LogP) is 3.22. The molecule has 4 heteroatoms. The SMILES string of the molecule is Cc1ccc(N2CCC(NC(=O)C3=C[C@@H]4CCCC[C@H]34)CC2)nc1. The average Bonchev–Trinajstić information content (AvgIpc) is 2.57. The van der Waals surface area contributed by atoms with Crippen molar-refractivity contribution in [3.63, 3.8) is 0 Å². The zero-order valence-electron chi connectivity index (χ0n) is 14.5. The lowest BCUT2D eigenvalue weighted by atomic mass is 9.66. The van der Waals surface area contributed by atoms with Crippen LogP contribution in [-0.4, -0.2) is 30.0 Å². The molecule has 1 saturated carbocycles. The van der Waals surface area contributed by atoms with Gasteiger partial charge in [-0.3, -0.25) is 4.79 Å². The molecule has 1 saturated heterocycles. The number of piperidine rings is 1.